The zero-order chi connectivity index (χ0) is 26.0. The smallest absolute Gasteiger partial charge is 0.331 e. The lowest BCUT2D eigenvalue weighted by Gasteiger charge is -2.36. The summed E-state index contributed by atoms with van der Waals surface area (Å²) >= 11 is 4.75. The summed E-state index contributed by atoms with van der Waals surface area (Å²) in [5.41, 5.74) is 7.16. The van der Waals surface area contributed by atoms with Gasteiger partial charge < -0.3 is 15.4 Å². The topological polar surface area (TPSA) is 117 Å². The second-order valence-electron chi connectivity index (χ2n) is 8.54. The largest absolute Gasteiger partial charge is 0.423 e. The number of fused-ring (bicyclic) bond motifs is 1. The first-order chi connectivity index (χ1) is 17.1. The third-order valence-electron chi connectivity index (χ3n) is 6.13. The predicted octanol–water partition coefficient (Wildman–Crippen LogP) is 2.41. The highest BCUT2D eigenvalue weighted by Crippen LogP contribution is 2.40. The molecule has 0 spiro atoms. The van der Waals surface area contributed by atoms with Gasteiger partial charge in [0.1, 0.15) is 23.4 Å². The first-order valence-electron chi connectivity index (χ1n) is 11.1. The van der Waals surface area contributed by atoms with Crippen molar-refractivity contribution in [3.63, 3.8) is 0 Å². The maximum Gasteiger partial charge on any atom is 0.331 e. The first kappa shape index (κ1) is 25.9. The molecule has 3 N–H and O–H groups in total. The third-order valence-corrected chi connectivity index (χ3v) is 7.82. The Morgan fingerprint density at radius 2 is 2.14 bits per heavy atom. The molecule has 2 aliphatic rings. The number of ether oxygens (including phenoxy) is 1. The minimum atomic E-state index is -4.46. The van der Waals surface area contributed by atoms with E-state index in [-0.39, 0.29) is 18.0 Å². The van der Waals surface area contributed by atoms with Crippen LogP contribution in [0.4, 0.5) is 14.5 Å². The molecular formula is C23H25F2N5O4S2. The molecule has 9 nitrogen and oxygen atoms in total. The molecule has 0 aromatic heterocycles. The van der Waals surface area contributed by atoms with E-state index in [0.29, 0.717) is 26.1 Å². The Hall–Kier alpha value is -3.16. The van der Waals surface area contributed by atoms with E-state index < -0.39 is 44.0 Å². The van der Waals surface area contributed by atoms with Crippen molar-refractivity contribution in [2.45, 2.75) is 37.0 Å². The predicted molar refractivity (Wildman–Crippen MR) is 135 cm³/mol. The fourth-order valence-corrected chi connectivity index (χ4v) is 5.81. The van der Waals surface area contributed by atoms with Gasteiger partial charge in [0, 0.05) is 31.8 Å². The summed E-state index contributed by atoms with van der Waals surface area (Å²) in [5, 5.41) is -0.476. The zero-order valence-corrected chi connectivity index (χ0v) is 21.0. The number of esters is 1. The number of nitrogens with one attached hydrogen (secondary N) is 1. The van der Waals surface area contributed by atoms with Crippen LogP contribution in [0.25, 0.3) is 0 Å². The number of hydrogen-bond donors (Lipinski definition) is 2. The maximum absolute atomic E-state index is 15.1. The highest BCUT2D eigenvalue weighted by molar-refractivity contribution is 7.91. The Morgan fingerprint density at radius 3 is 2.83 bits per heavy atom. The molecule has 0 saturated carbocycles. The number of anilines is 1. The van der Waals surface area contributed by atoms with Crippen LogP contribution >= 0.6 is 12.2 Å². The number of likely N-dealkylation sites (tertiary alicyclic amines) is 1. The standard InChI is InChI=1S/C23H25F2N5O4S2/c1-14(17-5-3-2-4-15(17)10-29-7-6-16(24)11-29)30-12-22(31)34-20-9-21(18(25)8-19(20)30)36(32,33)28-23(35)27-13-26/h2-5,8-9,13-14,16H,6-7,10-12H2,1H3,(H3,26,27,28,35)/t14-,16?/m1/s1. The Bertz CT molecular complexity index is 1320. The third kappa shape index (κ3) is 5.47. The Balaban J connectivity index is 1.67. The molecule has 2 aromatic carbocycles. The summed E-state index contributed by atoms with van der Waals surface area (Å²) in [6.07, 6.45) is 0.441. The van der Waals surface area contributed by atoms with Crippen LogP contribution in [0.1, 0.15) is 30.5 Å². The van der Waals surface area contributed by atoms with Crippen LogP contribution in [0.15, 0.2) is 46.3 Å². The van der Waals surface area contributed by atoms with E-state index in [4.69, 9.17) is 22.7 Å². The van der Waals surface area contributed by atoms with Gasteiger partial charge in [-0.2, -0.15) is 0 Å². The molecule has 2 heterocycles. The van der Waals surface area contributed by atoms with Crippen molar-refractivity contribution >= 4 is 45.3 Å². The van der Waals surface area contributed by atoms with Crippen LogP contribution in [-0.4, -0.2) is 56.5 Å². The highest BCUT2D eigenvalue weighted by Gasteiger charge is 2.33. The van der Waals surface area contributed by atoms with Crippen LogP contribution in [0, 0.1) is 5.82 Å². The van der Waals surface area contributed by atoms with Crippen LogP contribution < -0.4 is 20.1 Å². The number of halogens is 2. The number of aliphatic imine (C=N–C) groups is 1. The second kappa shape index (κ2) is 10.4. The number of nitrogens with zero attached hydrogens (tertiary/aromatic N) is 3. The van der Waals surface area contributed by atoms with E-state index in [2.05, 4.69) is 4.99 Å². The SMILES string of the molecule is C[C@H](c1ccccc1CN1CCC(F)C1)N1CC(=O)Oc2cc(S(=O)(=O)NC(=S)/N=C\N)c(F)cc21. The van der Waals surface area contributed by atoms with Crippen molar-refractivity contribution in [2.24, 2.45) is 10.7 Å². The minimum absolute atomic E-state index is 0.106. The van der Waals surface area contributed by atoms with Crippen LogP contribution in [0.5, 0.6) is 5.75 Å². The Labute approximate surface area is 213 Å². The number of carbonyl (C=O) groups excluding carboxylic acids is 1. The molecule has 1 unspecified atom stereocenters. The summed E-state index contributed by atoms with van der Waals surface area (Å²) < 4.78 is 61.3. The highest BCUT2D eigenvalue weighted by atomic mass is 32.2. The van der Waals surface area contributed by atoms with Crippen molar-refractivity contribution in [3.8, 4) is 5.75 Å². The number of benzene rings is 2. The average Bonchev–Trinajstić information content (AvgIpc) is 3.22. The summed E-state index contributed by atoms with van der Waals surface area (Å²) in [5.74, 6) is -1.79. The Morgan fingerprint density at radius 1 is 1.39 bits per heavy atom. The molecule has 0 bridgehead atoms. The molecule has 1 fully saturated rings. The summed E-state index contributed by atoms with van der Waals surface area (Å²) in [4.78, 5) is 18.8. The van der Waals surface area contributed by atoms with Crippen LogP contribution in [0.2, 0.25) is 0 Å². The molecule has 36 heavy (non-hydrogen) atoms. The fraction of sp³-hybridized carbons (Fsp3) is 0.348. The van der Waals surface area contributed by atoms with Gasteiger partial charge in [-0.05, 0) is 36.7 Å². The number of sulfonamides is 1. The van der Waals surface area contributed by atoms with Gasteiger partial charge in [-0.1, -0.05) is 24.3 Å². The van der Waals surface area contributed by atoms with Crippen molar-refractivity contribution in [1.29, 1.82) is 0 Å². The maximum atomic E-state index is 15.1. The van der Waals surface area contributed by atoms with Gasteiger partial charge in [0.25, 0.3) is 10.0 Å². The van der Waals surface area contributed by atoms with E-state index in [1.54, 1.807) is 4.90 Å². The lowest BCUT2D eigenvalue weighted by molar-refractivity contribution is -0.133. The monoisotopic (exact) mass is 537 g/mol. The van der Waals surface area contributed by atoms with Crippen molar-refractivity contribution in [2.75, 3.05) is 24.5 Å². The number of nitrogens with two attached hydrogens (primary N) is 1. The molecule has 192 valence electrons. The lowest BCUT2D eigenvalue weighted by atomic mass is 9.98. The van der Waals surface area contributed by atoms with Gasteiger partial charge in [0.2, 0.25) is 5.11 Å². The van der Waals surface area contributed by atoms with E-state index in [1.165, 1.54) is 0 Å². The molecule has 2 aromatic rings. The van der Waals surface area contributed by atoms with Gasteiger partial charge in [0.05, 0.1) is 18.1 Å². The number of rotatable bonds is 6. The molecule has 1 saturated heterocycles. The van der Waals surface area contributed by atoms with Gasteiger partial charge in [-0.25, -0.2) is 27.0 Å². The van der Waals surface area contributed by atoms with Gasteiger partial charge >= 0.3 is 5.97 Å². The zero-order valence-electron chi connectivity index (χ0n) is 19.4. The van der Waals surface area contributed by atoms with Gasteiger partial charge in [-0.3, -0.25) is 9.62 Å². The minimum Gasteiger partial charge on any atom is -0.423 e. The van der Waals surface area contributed by atoms with E-state index >= 15 is 4.39 Å². The summed E-state index contributed by atoms with van der Waals surface area (Å²) in [7, 11) is -4.46. The van der Waals surface area contributed by atoms with Crippen molar-refractivity contribution < 1.29 is 26.7 Å². The summed E-state index contributed by atoms with van der Waals surface area (Å²) in [6.45, 7) is 3.24. The van der Waals surface area contributed by atoms with Crippen LogP contribution in [0.3, 0.4) is 0 Å². The van der Waals surface area contributed by atoms with Gasteiger partial charge in [0.15, 0.2) is 5.75 Å². The average molecular weight is 538 g/mol. The van der Waals surface area contributed by atoms with Crippen molar-refractivity contribution in [1.82, 2.24) is 9.62 Å². The number of hydrogen-bond acceptors (Lipinski definition) is 7. The quantitative estimate of drug-likeness (QED) is 0.190. The van der Waals surface area contributed by atoms with Gasteiger partial charge in [-0.15, -0.1) is 0 Å². The molecule has 0 aliphatic carbocycles. The number of thiocarbonyl (C=S) groups is 1. The molecule has 4 rings (SSSR count). The summed E-state index contributed by atoms with van der Waals surface area (Å²) in [6, 6.07) is 9.14. The number of alkyl halides is 1. The lowest BCUT2D eigenvalue weighted by Crippen LogP contribution is -2.39. The molecule has 0 radical (unpaired) electrons. The molecular weight excluding hydrogens is 512 g/mol. The molecule has 0 amide bonds. The number of carbonyl (C=O) groups is 1. The fourth-order valence-electron chi connectivity index (χ4n) is 4.45. The molecule has 13 heteroatoms. The Kier molecular flexibility index (Phi) is 7.52. The van der Waals surface area contributed by atoms with E-state index in [1.807, 2.05) is 40.8 Å². The van der Waals surface area contributed by atoms with E-state index in [0.717, 1.165) is 29.6 Å². The van der Waals surface area contributed by atoms with Crippen LogP contribution in [-0.2, 0) is 21.4 Å². The molecule has 2 aliphatic heterocycles. The van der Waals surface area contributed by atoms with E-state index in [9.17, 15) is 17.6 Å². The first-order valence-corrected chi connectivity index (χ1v) is 13.0. The normalized spacial score (nSPS) is 19.2. The van der Waals surface area contributed by atoms with Crippen molar-refractivity contribution in [3.05, 3.63) is 53.3 Å². The molecule has 2 atom stereocenters. The second-order valence-corrected chi connectivity index (χ2v) is 10.6.